The number of hydrogen-bond acceptors (Lipinski definition) is 19. The molecule has 0 radical (unpaired) electrons. The smallest absolute Gasteiger partial charge is 0.460 e. The molecule has 4 amide bonds. The fourth-order valence-electron chi connectivity index (χ4n) is 6.99. The van der Waals surface area contributed by atoms with Gasteiger partial charge in [0.05, 0.1) is 26.2 Å². The van der Waals surface area contributed by atoms with Crippen LogP contribution in [0.15, 0.2) is 140 Å². The molecule has 1 aliphatic rings. The van der Waals surface area contributed by atoms with Gasteiger partial charge in [0.2, 0.25) is 11.8 Å². The minimum atomic E-state index is -4.83. The summed E-state index contributed by atoms with van der Waals surface area (Å²) in [6, 6.07) is 20.6. The highest BCUT2D eigenvalue weighted by atomic mass is 31.2. The van der Waals surface area contributed by atoms with Crippen LogP contribution in [0.25, 0.3) is 0 Å². The van der Waals surface area contributed by atoms with Crippen molar-refractivity contribution in [2.24, 2.45) is 0 Å². The summed E-state index contributed by atoms with van der Waals surface area (Å²) >= 11 is 0. The third-order valence-electron chi connectivity index (χ3n) is 10.6. The Morgan fingerprint density at radius 2 is 1.40 bits per heavy atom. The fourth-order valence-corrected chi connectivity index (χ4v) is 8.16. The molecule has 0 saturated carbocycles. The van der Waals surface area contributed by atoms with E-state index in [2.05, 4.69) is 46.0 Å². The molecule has 2 unspecified atom stereocenters. The van der Waals surface area contributed by atoms with Gasteiger partial charge in [-0.2, -0.15) is 4.98 Å². The number of ether oxygens (including phenoxy) is 6. The molecule has 24 nitrogen and oxygen atoms in total. The maximum atomic E-state index is 14.3. The monoisotopic (exact) mass is 1090 g/mol. The molecule has 77 heavy (non-hydrogen) atoms. The Morgan fingerprint density at radius 1 is 0.753 bits per heavy atom. The molecule has 4 N–H and O–H groups in total. The van der Waals surface area contributed by atoms with Crippen molar-refractivity contribution in [2.45, 2.75) is 76.3 Å². The van der Waals surface area contributed by atoms with Crippen LogP contribution in [0.3, 0.4) is 0 Å². The molecule has 4 aromatic rings. The van der Waals surface area contributed by atoms with Crippen LogP contribution >= 0.6 is 7.82 Å². The lowest BCUT2D eigenvalue weighted by Gasteiger charge is -2.26. The summed E-state index contributed by atoms with van der Waals surface area (Å²) in [5, 5.41) is 9.71. The SMILES string of the molecule is C=CCOC(=O)Nc1ccn([C@H]2C[C@H](OC(C)=O)[C@@H](COP(=O)(OCC=C)OCC(NC(=O)[C@H](Cc3ccccc3)NC(=O)OCc3ccc(OC(=O)Cc4ccccc4)cc3)C(=O)N[C@@H](C)C(=O)OCC=C)O2)c(=O)n1. The number of benzene rings is 3. The number of nitrogens with zero attached hydrogens (tertiary/aromatic N) is 2. The third-order valence-corrected chi connectivity index (χ3v) is 12.0. The quantitative estimate of drug-likeness (QED) is 0.0184. The molecule has 1 saturated heterocycles. The lowest BCUT2D eigenvalue weighted by atomic mass is 10.0. The van der Waals surface area contributed by atoms with Crippen molar-refractivity contribution >= 4 is 55.5 Å². The van der Waals surface area contributed by atoms with Crippen molar-refractivity contribution in [1.29, 1.82) is 0 Å². The zero-order chi connectivity index (χ0) is 55.7. The number of phosphoric acid groups is 1. The van der Waals surface area contributed by atoms with Gasteiger partial charge in [0.25, 0.3) is 0 Å². The Hall–Kier alpha value is -8.28. The molecule has 5 rings (SSSR count). The second-order valence-corrected chi connectivity index (χ2v) is 18.3. The number of rotatable bonds is 29. The second-order valence-electron chi connectivity index (χ2n) is 16.6. The topological polar surface area (TPSA) is 303 Å². The molecule has 25 heteroatoms. The van der Waals surface area contributed by atoms with Crippen LogP contribution in [-0.2, 0) is 85.2 Å². The van der Waals surface area contributed by atoms with Crippen molar-refractivity contribution in [3.63, 3.8) is 0 Å². The lowest BCUT2D eigenvalue weighted by molar-refractivity contribution is -0.150. The van der Waals surface area contributed by atoms with E-state index < -0.39 is 112 Å². The molecule has 1 aromatic heterocycles. The first kappa shape index (κ1) is 59.6. The van der Waals surface area contributed by atoms with Crippen molar-refractivity contribution < 1.29 is 80.1 Å². The van der Waals surface area contributed by atoms with Gasteiger partial charge in [-0.05, 0) is 41.8 Å². The molecule has 7 atom stereocenters. The highest BCUT2D eigenvalue weighted by molar-refractivity contribution is 7.48. The zero-order valence-electron chi connectivity index (χ0n) is 42.1. The molecular formula is C52H59N6O18P. The van der Waals surface area contributed by atoms with E-state index in [0.717, 1.165) is 17.1 Å². The predicted molar refractivity (Wildman–Crippen MR) is 274 cm³/mol. The standard InChI is InChI=1S/C52H59N6O18P/c1-6-25-68-49(63)34(4)53-48(62)41(32-72-77(67,71-27-8-3)73-33-43-42(74-35(5)59)30-45(76-43)58-24-23-44(56-50(58)64)57-52(66)69-26-7-2)54-47(61)40(28-36-15-11-9-12-16-36)55-51(65)70-31-38-19-21-39(22-20-38)75-46(60)29-37-17-13-10-14-18-37/h6-24,34,40-43,45H,1-3,25-33H2,4-5H3,(H,53,62)(H,54,61)(H,55,65)(H,56,57,64,66)/t34-,40-,41?,42-,43+,45+,77?/m0/s1. The van der Waals surface area contributed by atoms with Gasteiger partial charge in [-0.15, -0.1) is 6.58 Å². The largest absolute Gasteiger partial charge is 0.475 e. The summed E-state index contributed by atoms with van der Waals surface area (Å²) in [5.74, 6) is -3.96. The summed E-state index contributed by atoms with van der Waals surface area (Å²) in [4.78, 5) is 108. The Bertz CT molecular complexity index is 2800. The van der Waals surface area contributed by atoms with Gasteiger partial charge in [-0.25, -0.2) is 23.7 Å². The summed E-state index contributed by atoms with van der Waals surface area (Å²) in [5.41, 5.74) is 0.989. The van der Waals surface area contributed by atoms with E-state index in [9.17, 15) is 42.9 Å². The Kier molecular flexibility index (Phi) is 23.5. The molecular weight excluding hydrogens is 1030 g/mol. The number of aromatic nitrogens is 2. The van der Waals surface area contributed by atoms with Crippen LogP contribution < -0.4 is 31.7 Å². The first-order valence-corrected chi connectivity index (χ1v) is 25.2. The number of alkyl carbamates (subject to hydrolysis) is 1. The van der Waals surface area contributed by atoms with E-state index in [1.165, 1.54) is 49.5 Å². The molecule has 1 fully saturated rings. The predicted octanol–water partition coefficient (Wildman–Crippen LogP) is 4.95. The summed E-state index contributed by atoms with van der Waals surface area (Å²) in [6.07, 6.45) is -0.463. The van der Waals surface area contributed by atoms with E-state index in [1.807, 2.05) is 18.2 Å². The second kappa shape index (κ2) is 30.3. The third kappa shape index (κ3) is 20.1. The van der Waals surface area contributed by atoms with Crippen LogP contribution in [0.4, 0.5) is 15.4 Å². The van der Waals surface area contributed by atoms with E-state index >= 15 is 0 Å². The average Bonchev–Trinajstić information content (AvgIpc) is 3.81. The van der Waals surface area contributed by atoms with Crippen LogP contribution in [0.1, 0.15) is 43.2 Å². The molecule has 1 aliphatic heterocycles. The summed E-state index contributed by atoms with van der Waals surface area (Å²) in [7, 11) is -4.83. The lowest BCUT2D eigenvalue weighted by Crippen LogP contribution is -2.57. The number of esters is 3. The normalized spacial score (nSPS) is 16.6. The van der Waals surface area contributed by atoms with Gasteiger partial charge in [0.15, 0.2) is 0 Å². The van der Waals surface area contributed by atoms with Gasteiger partial charge in [-0.1, -0.05) is 104 Å². The van der Waals surface area contributed by atoms with Crippen LogP contribution in [0.5, 0.6) is 5.75 Å². The molecule has 0 bridgehead atoms. The minimum absolute atomic E-state index is 0.0608. The zero-order valence-corrected chi connectivity index (χ0v) is 43.0. The molecule has 410 valence electrons. The van der Waals surface area contributed by atoms with Gasteiger partial charge in [-0.3, -0.25) is 42.6 Å². The molecule has 3 aromatic carbocycles. The number of carbonyl (C=O) groups is 7. The highest BCUT2D eigenvalue weighted by Crippen LogP contribution is 2.50. The van der Waals surface area contributed by atoms with E-state index in [4.69, 9.17) is 42.0 Å². The number of amides is 4. The maximum Gasteiger partial charge on any atom is 0.475 e. The number of nitrogens with one attached hydrogen (secondary N) is 4. The molecule has 2 heterocycles. The number of hydrogen-bond donors (Lipinski definition) is 4. The number of carbonyl (C=O) groups excluding carboxylic acids is 7. The van der Waals surface area contributed by atoms with Crippen molar-refractivity contribution in [2.75, 3.05) is 38.4 Å². The summed E-state index contributed by atoms with van der Waals surface area (Å²) in [6.45, 7) is 10.3. The first-order valence-electron chi connectivity index (χ1n) is 23.8. The van der Waals surface area contributed by atoms with Crippen molar-refractivity contribution in [3.05, 3.63) is 162 Å². The molecule has 0 aliphatic carbocycles. The Balaban J connectivity index is 1.30. The highest BCUT2D eigenvalue weighted by Gasteiger charge is 2.42. The number of phosphoric ester groups is 1. The first-order chi connectivity index (χ1) is 37.0. The Labute approximate surface area is 442 Å². The Morgan fingerprint density at radius 3 is 2.05 bits per heavy atom. The van der Waals surface area contributed by atoms with Gasteiger partial charge < -0.3 is 44.4 Å². The van der Waals surface area contributed by atoms with Crippen molar-refractivity contribution in [1.82, 2.24) is 25.5 Å². The van der Waals surface area contributed by atoms with Crippen LogP contribution in [0.2, 0.25) is 0 Å². The van der Waals surface area contributed by atoms with Gasteiger partial charge in [0, 0.05) is 26.0 Å². The number of anilines is 1. The van der Waals surface area contributed by atoms with Crippen LogP contribution in [-0.4, -0.2) is 115 Å². The van der Waals surface area contributed by atoms with E-state index in [-0.39, 0.29) is 50.7 Å². The van der Waals surface area contributed by atoms with Gasteiger partial charge >= 0.3 is 43.6 Å². The minimum Gasteiger partial charge on any atom is -0.460 e. The fraction of sp³-hybridized carbons (Fsp3) is 0.327. The maximum absolute atomic E-state index is 14.3. The van der Waals surface area contributed by atoms with E-state index in [1.54, 1.807) is 54.6 Å². The molecule has 0 spiro atoms. The van der Waals surface area contributed by atoms with Gasteiger partial charge in [0.1, 0.15) is 67.9 Å². The average molecular weight is 1090 g/mol. The van der Waals surface area contributed by atoms with Crippen molar-refractivity contribution in [3.8, 4) is 5.75 Å². The summed E-state index contributed by atoms with van der Waals surface area (Å²) < 4.78 is 64.4. The van der Waals surface area contributed by atoms with Crippen LogP contribution in [0, 0.1) is 0 Å². The van der Waals surface area contributed by atoms with E-state index in [0.29, 0.717) is 11.1 Å².